The van der Waals surface area contributed by atoms with Crippen LogP contribution in [0.15, 0.2) is 73.3 Å². The normalized spacial score (nSPS) is 17.3. The number of nitrogens with one attached hydrogen (secondary N) is 1. The second-order valence-electron chi connectivity index (χ2n) is 10.1. The van der Waals surface area contributed by atoms with E-state index >= 15 is 4.39 Å². The standard InChI is InChI=1S/C31H31ClF2N4O4S/c1-4-38(43(39,40)5-2)20(3)31(12-7-13-42-31)25-16-24-28(17-27(25)34)35-19-36-30(24)37-23-10-11-29(26(32)15-23)41-18-21-8-6-9-22(33)14-21/h6-11,13-17,19-20H,4-5,12,18H2,1-3H3,(H,35,36,37). The third-order valence-electron chi connectivity index (χ3n) is 7.59. The molecule has 4 aromatic rings. The second kappa shape index (κ2) is 12.4. The number of fused-ring (bicyclic) bond motifs is 1. The molecule has 43 heavy (non-hydrogen) atoms. The summed E-state index contributed by atoms with van der Waals surface area (Å²) >= 11 is 6.49. The molecule has 0 amide bonds. The average Bonchev–Trinajstić information content (AvgIpc) is 3.48. The first-order chi connectivity index (χ1) is 20.6. The first-order valence-electron chi connectivity index (χ1n) is 13.8. The molecule has 5 rings (SSSR count). The molecule has 0 fully saturated rings. The van der Waals surface area contributed by atoms with Gasteiger partial charge in [0.2, 0.25) is 10.0 Å². The summed E-state index contributed by atoms with van der Waals surface area (Å²) in [5, 5.41) is 4.04. The van der Waals surface area contributed by atoms with Gasteiger partial charge in [0.05, 0.1) is 28.6 Å². The molecule has 2 unspecified atom stereocenters. The molecule has 0 saturated carbocycles. The zero-order chi connectivity index (χ0) is 30.8. The topological polar surface area (TPSA) is 93.7 Å². The highest BCUT2D eigenvalue weighted by atomic mass is 35.5. The summed E-state index contributed by atoms with van der Waals surface area (Å²) in [6.45, 7) is 5.40. The van der Waals surface area contributed by atoms with E-state index in [1.807, 2.05) is 0 Å². The number of rotatable bonds is 11. The number of hydrogen-bond donors (Lipinski definition) is 1. The van der Waals surface area contributed by atoms with Gasteiger partial charge in [-0.05, 0) is 61.9 Å². The number of sulfonamides is 1. The fourth-order valence-corrected chi connectivity index (χ4v) is 6.95. The van der Waals surface area contributed by atoms with Crippen molar-refractivity contribution in [3.63, 3.8) is 0 Å². The van der Waals surface area contributed by atoms with E-state index in [4.69, 9.17) is 21.1 Å². The van der Waals surface area contributed by atoms with Gasteiger partial charge in [0.15, 0.2) is 5.60 Å². The molecular formula is C31H31ClF2N4O4S. The average molecular weight is 629 g/mol. The third-order valence-corrected chi connectivity index (χ3v) is 9.91. The maximum atomic E-state index is 15.8. The lowest BCUT2D eigenvalue weighted by Gasteiger charge is -2.40. The quantitative estimate of drug-likeness (QED) is 0.190. The van der Waals surface area contributed by atoms with Crippen LogP contribution in [0.5, 0.6) is 5.75 Å². The van der Waals surface area contributed by atoms with E-state index in [-0.39, 0.29) is 36.7 Å². The van der Waals surface area contributed by atoms with Gasteiger partial charge in [-0.15, -0.1) is 0 Å². The highest BCUT2D eigenvalue weighted by Crippen LogP contribution is 2.43. The Balaban J connectivity index is 1.47. The van der Waals surface area contributed by atoms with Gasteiger partial charge in [-0.3, -0.25) is 0 Å². The molecule has 0 radical (unpaired) electrons. The van der Waals surface area contributed by atoms with Crippen molar-refractivity contribution in [3.05, 3.63) is 101 Å². The molecule has 1 N–H and O–H groups in total. The van der Waals surface area contributed by atoms with Crippen molar-refractivity contribution in [1.82, 2.24) is 14.3 Å². The van der Waals surface area contributed by atoms with Crippen molar-refractivity contribution >= 4 is 44.0 Å². The molecule has 2 atom stereocenters. The summed E-state index contributed by atoms with van der Waals surface area (Å²) in [6, 6.07) is 13.4. The number of aromatic nitrogens is 2. The lowest BCUT2D eigenvalue weighted by atomic mass is 9.83. The van der Waals surface area contributed by atoms with Gasteiger partial charge in [0.1, 0.15) is 36.1 Å². The Bertz CT molecular complexity index is 1780. The van der Waals surface area contributed by atoms with Crippen LogP contribution < -0.4 is 10.1 Å². The Kier molecular flexibility index (Phi) is 8.86. The van der Waals surface area contributed by atoms with Crippen molar-refractivity contribution in [1.29, 1.82) is 0 Å². The van der Waals surface area contributed by atoms with Crippen LogP contribution in [0, 0.1) is 11.6 Å². The Labute approximate surface area is 254 Å². The van der Waals surface area contributed by atoms with Crippen LogP contribution in [0.3, 0.4) is 0 Å². The van der Waals surface area contributed by atoms with E-state index in [9.17, 15) is 12.8 Å². The van der Waals surface area contributed by atoms with Crippen LogP contribution >= 0.6 is 11.6 Å². The van der Waals surface area contributed by atoms with Crippen LogP contribution in [0.1, 0.15) is 38.3 Å². The lowest BCUT2D eigenvalue weighted by Crippen LogP contribution is -2.52. The monoisotopic (exact) mass is 628 g/mol. The van der Waals surface area contributed by atoms with Crippen molar-refractivity contribution < 1.29 is 26.7 Å². The number of halogens is 3. The molecule has 1 aliphatic rings. The molecule has 8 nitrogen and oxygen atoms in total. The van der Waals surface area contributed by atoms with E-state index in [1.54, 1.807) is 63.2 Å². The Morgan fingerprint density at radius 3 is 2.63 bits per heavy atom. The van der Waals surface area contributed by atoms with Crippen molar-refractivity contribution in [3.8, 4) is 5.75 Å². The Morgan fingerprint density at radius 1 is 1.14 bits per heavy atom. The third kappa shape index (κ3) is 6.15. The molecule has 3 aromatic carbocycles. The zero-order valence-electron chi connectivity index (χ0n) is 23.9. The maximum Gasteiger partial charge on any atom is 0.214 e. The Morgan fingerprint density at radius 2 is 1.95 bits per heavy atom. The van der Waals surface area contributed by atoms with Crippen molar-refractivity contribution in [2.24, 2.45) is 0 Å². The maximum absolute atomic E-state index is 15.8. The van der Waals surface area contributed by atoms with Crippen LogP contribution in [0.2, 0.25) is 5.02 Å². The summed E-state index contributed by atoms with van der Waals surface area (Å²) < 4.78 is 68.3. The smallest absolute Gasteiger partial charge is 0.214 e. The number of anilines is 2. The molecule has 0 aliphatic carbocycles. The number of benzene rings is 3. The first kappa shape index (κ1) is 30.7. The molecule has 0 saturated heterocycles. The van der Waals surface area contributed by atoms with E-state index in [0.717, 1.165) is 0 Å². The minimum absolute atomic E-state index is 0.0893. The predicted molar refractivity (Wildman–Crippen MR) is 163 cm³/mol. The molecule has 12 heteroatoms. The molecule has 1 aliphatic heterocycles. The lowest BCUT2D eigenvalue weighted by molar-refractivity contribution is -0.0180. The second-order valence-corrected chi connectivity index (χ2v) is 12.7. The molecular weight excluding hydrogens is 598 g/mol. The van der Waals surface area contributed by atoms with Crippen molar-refractivity contribution in [2.45, 2.75) is 45.4 Å². The summed E-state index contributed by atoms with van der Waals surface area (Å²) in [5.74, 6) is -0.207. The largest absolute Gasteiger partial charge is 0.488 e. The van der Waals surface area contributed by atoms with E-state index in [0.29, 0.717) is 38.7 Å². The van der Waals surface area contributed by atoms with Gasteiger partial charge < -0.3 is 14.8 Å². The number of likely N-dealkylation sites (N-methyl/N-ethyl adjacent to an activating group) is 1. The minimum Gasteiger partial charge on any atom is -0.488 e. The Hall–Kier alpha value is -3.80. The van der Waals surface area contributed by atoms with Gasteiger partial charge in [-0.25, -0.2) is 27.2 Å². The van der Waals surface area contributed by atoms with Gasteiger partial charge in [0, 0.05) is 35.7 Å². The first-order valence-corrected chi connectivity index (χ1v) is 15.8. The molecule has 2 heterocycles. The summed E-state index contributed by atoms with van der Waals surface area (Å²) in [4.78, 5) is 8.64. The molecule has 1 aromatic heterocycles. The number of ether oxygens (including phenoxy) is 2. The van der Waals surface area contributed by atoms with Crippen LogP contribution in [-0.2, 0) is 27.0 Å². The fourth-order valence-electron chi connectivity index (χ4n) is 5.34. The number of hydrogen-bond acceptors (Lipinski definition) is 7. The van der Waals surface area contributed by atoms with E-state index < -0.39 is 27.5 Å². The van der Waals surface area contributed by atoms with Crippen LogP contribution in [0.25, 0.3) is 10.9 Å². The summed E-state index contributed by atoms with van der Waals surface area (Å²) in [7, 11) is -3.60. The SMILES string of the molecule is CCN(C(C)C1(c2cc3c(Nc4ccc(OCc5cccc(F)c5)c(Cl)c4)ncnc3cc2F)CC=CO1)S(=O)(=O)CC. The minimum atomic E-state index is -3.60. The van der Waals surface area contributed by atoms with Gasteiger partial charge in [-0.2, -0.15) is 4.31 Å². The van der Waals surface area contributed by atoms with Gasteiger partial charge in [0.25, 0.3) is 0 Å². The highest BCUT2D eigenvalue weighted by Gasteiger charge is 2.48. The summed E-state index contributed by atoms with van der Waals surface area (Å²) in [6.07, 6.45) is 4.83. The number of nitrogens with zero attached hydrogens (tertiary/aromatic N) is 3. The van der Waals surface area contributed by atoms with Crippen LogP contribution in [0.4, 0.5) is 20.3 Å². The molecule has 0 bridgehead atoms. The highest BCUT2D eigenvalue weighted by molar-refractivity contribution is 7.89. The van der Waals surface area contributed by atoms with Crippen LogP contribution in [-0.4, -0.2) is 41.0 Å². The summed E-state index contributed by atoms with van der Waals surface area (Å²) in [5.41, 5.74) is 0.494. The predicted octanol–water partition coefficient (Wildman–Crippen LogP) is 7.07. The van der Waals surface area contributed by atoms with Crippen molar-refractivity contribution in [2.75, 3.05) is 17.6 Å². The molecule has 226 valence electrons. The van der Waals surface area contributed by atoms with Gasteiger partial charge in [-0.1, -0.05) is 30.7 Å². The molecule has 0 spiro atoms. The fraction of sp³-hybridized carbons (Fsp3) is 0.290. The van der Waals surface area contributed by atoms with E-state index in [2.05, 4.69) is 15.3 Å². The van der Waals surface area contributed by atoms with E-state index in [1.165, 1.54) is 35.1 Å². The van der Waals surface area contributed by atoms with Gasteiger partial charge >= 0.3 is 0 Å². The zero-order valence-corrected chi connectivity index (χ0v) is 25.4.